The number of aromatic nitrogens is 1. The quantitative estimate of drug-likeness (QED) is 0.738. The van der Waals surface area contributed by atoms with E-state index in [-0.39, 0.29) is 5.91 Å². The van der Waals surface area contributed by atoms with Gasteiger partial charge in [-0.15, -0.1) is 0 Å². The van der Waals surface area contributed by atoms with E-state index in [4.69, 9.17) is 5.73 Å². The summed E-state index contributed by atoms with van der Waals surface area (Å²) in [4.78, 5) is 18.9. The first-order chi connectivity index (χ1) is 13.7. The number of pyridine rings is 1. The maximum atomic E-state index is 12.9. The van der Waals surface area contributed by atoms with E-state index in [1.54, 1.807) is 12.4 Å². The Balaban J connectivity index is 1.37. The number of benzene rings is 2. The summed E-state index contributed by atoms with van der Waals surface area (Å²) in [7, 11) is 0. The van der Waals surface area contributed by atoms with Crippen molar-refractivity contribution in [2.24, 2.45) is 5.92 Å². The summed E-state index contributed by atoms with van der Waals surface area (Å²) in [6.07, 6.45) is 6.60. The smallest absolute Gasteiger partial charge is 0.253 e. The number of likely N-dealkylation sites (tertiary alicyclic amines) is 1. The van der Waals surface area contributed by atoms with Gasteiger partial charge in [-0.2, -0.15) is 0 Å². The highest BCUT2D eigenvalue weighted by atomic mass is 16.2. The lowest BCUT2D eigenvalue weighted by Gasteiger charge is -2.32. The summed E-state index contributed by atoms with van der Waals surface area (Å²) in [6.45, 7) is 1.66. The van der Waals surface area contributed by atoms with E-state index in [1.807, 2.05) is 35.2 Å². The fourth-order valence-electron chi connectivity index (χ4n) is 3.93. The first-order valence-electron chi connectivity index (χ1n) is 9.84. The lowest BCUT2D eigenvalue weighted by molar-refractivity contribution is 0.0690. The third kappa shape index (κ3) is 4.06. The zero-order valence-corrected chi connectivity index (χ0v) is 15.9. The molecule has 0 bridgehead atoms. The maximum absolute atomic E-state index is 12.9. The number of hydrogen-bond acceptors (Lipinski definition) is 3. The average molecular weight is 371 g/mol. The van der Waals surface area contributed by atoms with Crippen LogP contribution in [0, 0.1) is 5.92 Å². The van der Waals surface area contributed by atoms with Gasteiger partial charge >= 0.3 is 0 Å². The van der Waals surface area contributed by atoms with Crippen LogP contribution in [-0.2, 0) is 6.42 Å². The van der Waals surface area contributed by atoms with E-state index >= 15 is 0 Å². The van der Waals surface area contributed by atoms with Crippen LogP contribution in [0.1, 0.15) is 28.8 Å². The van der Waals surface area contributed by atoms with Crippen molar-refractivity contribution < 1.29 is 4.79 Å². The molecule has 1 fully saturated rings. The minimum Gasteiger partial charge on any atom is -0.397 e. The first kappa shape index (κ1) is 18.2. The molecule has 4 rings (SSSR count). The zero-order chi connectivity index (χ0) is 19.3. The van der Waals surface area contributed by atoms with Crippen molar-refractivity contribution in [2.75, 3.05) is 18.8 Å². The van der Waals surface area contributed by atoms with E-state index in [2.05, 4.69) is 35.3 Å². The Morgan fingerprint density at radius 3 is 2.39 bits per heavy atom. The Morgan fingerprint density at radius 1 is 1.00 bits per heavy atom. The second-order valence-electron chi connectivity index (χ2n) is 7.47. The number of amides is 1. The standard InChI is InChI=1S/C24H25N3O/c25-23-17-26-13-10-22(23)20-6-8-21(9-7-20)24(28)27-14-11-19(12-15-27)16-18-4-2-1-3-5-18/h1-10,13,17,19H,11-12,14-16,25H2. The van der Waals surface area contributed by atoms with Crippen LogP contribution in [0.3, 0.4) is 0 Å². The Morgan fingerprint density at radius 2 is 1.71 bits per heavy atom. The molecule has 0 radical (unpaired) electrons. The zero-order valence-electron chi connectivity index (χ0n) is 15.9. The van der Waals surface area contributed by atoms with Gasteiger partial charge < -0.3 is 10.6 Å². The van der Waals surface area contributed by atoms with Gasteiger partial charge in [0.05, 0.1) is 11.9 Å². The number of piperidine rings is 1. The molecule has 0 spiro atoms. The van der Waals surface area contributed by atoms with Crippen molar-refractivity contribution in [1.29, 1.82) is 0 Å². The minimum atomic E-state index is 0.118. The van der Waals surface area contributed by atoms with E-state index in [1.165, 1.54) is 5.56 Å². The van der Waals surface area contributed by atoms with Crippen LogP contribution in [-0.4, -0.2) is 28.9 Å². The first-order valence-corrected chi connectivity index (χ1v) is 9.84. The van der Waals surface area contributed by atoms with Crippen LogP contribution in [0.25, 0.3) is 11.1 Å². The predicted molar refractivity (Wildman–Crippen MR) is 113 cm³/mol. The molecule has 0 aliphatic carbocycles. The normalized spacial score (nSPS) is 14.8. The fourth-order valence-corrected chi connectivity index (χ4v) is 3.93. The molecule has 1 saturated heterocycles. The summed E-state index contributed by atoms with van der Waals surface area (Å²) in [5.74, 6) is 0.774. The number of anilines is 1. The minimum absolute atomic E-state index is 0.118. The average Bonchev–Trinajstić information content (AvgIpc) is 2.75. The number of nitrogen functional groups attached to an aromatic ring is 1. The van der Waals surface area contributed by atoms with Gasteiger partial charge in [0.1, 0.15) is 0 Å². The molecule has 4 heteroatoms. The van der Waals surface area contributed by atoms with Gasteiger partial charge in [0.25, 0.3) is 5.91 Å². The van der Waals surface area contributed by atoms with Crippen LogP contribution >= 0.6 is 0 Å². The van der Waals surface area contributed by atoms with E-state index in [9.17, 15) is 4.79 Å². The molecule has 1 aromatic heterocycles. The molecule has 0 atom stereocenters. The molecular formula is C24H25N3O. The van der Waals surface area contributed by atoms with Crippen molar-refractivity contribution >= 4 is 11.6 Å². The van der Waals surface area contributed by atoms with Crippen LogP contribution in [0.5, 0.6) is 0 Å². The van der Waals surface area contributed by atoms with Gasteiger partial charge in [0.15, 0.2) is 0 Å². The molecule has 3 aromatic rings. The third-order valence-corrected chi connectivity index (χ3v) is 5.56. The summed E-state index contributed by atoms with van der Waals surface area (Å²) >= 11 is 0. The fraction of sp³-hybridized carbons (Fsp3) is 0.250. The number of rotatable bonds is 4. The van der Waals surface area contributed by atoms with Gasteiger partial charge in [0.2, 0.25) is 0 Å². The molecule has 142 valence electrons. The number of carbonyl (C=O) groups is 1. The molecule has 1 amide bonds. The van der Waals surface area contributed by atoms with Gasteiger partial charge in [-0.1, -0.05) is 42.5 Å². The second-order valence-corrected chi connectivity index (χ2v) is 7.47. The lowest BCUT2D eigenvalue weighted by atomic mass is 9.90. The third-order valence-electron chi connectivity index (χ3n) is 5.56. The molecular weight excluding hydrogens is 346 g/mol. The summed E-state index contributed by atoms with van der Waals surface area (Å²) in [6, 6.07) is 20.2. The number of nitrogens with zero attached hydrogens (tertiary/aromatic N) is 2. The Kier molecular flexibility index (Phi) is 5.38. The van der Waals surface area contributed by atoms with Gasteiger partial charge in [-0.05, 0) is 54.5 Å². The number of carbonyl (C=O) groups excluding carboxylic acids is 1. The highest BCUT2D eigenvalue weighted by molar-refractivity contribution is 5.95. The van der Waals surface area contributed by atoms with Crippen molar-refractivity contribution in [1.82, 2.24) is 9.88 Å². The topological polar surface area (TPSA) is 59.2 Å². The predicted octanol–water partition coefficient (Wildman–Crippen LogP) is 4.43. The van der Waals surface area contributed by atoms with Crippen molar-refractivity contribution in [3.05, 3.63) is 84.2 Å². The second kappa shape index (κ2) is 8.26. The largest absolute Gasteiger partial charge is 0.397 e. The van der Waals surface area contributed by atoms with Crippen LogP contribution in [0.15, 0.2) is 73.1 Å². The molecule has 2 N–H and O–H groups in total. The van der Waals surface area contributed by atoms with E-state index in [0.717, 1.165) is 49.0 Å². The molecule has 28 heavy (non-hydrogen) atoms. The van der Waals surface area contributed by atoms with E-state index in [0.29, 0.717) is 11.6 Å². The highest BCUT2D eigenvalue weighted by Crippen LogP contribution is 2.26. The van der Waals surface area contributed by atoms with Gasteiger partial charge in [0, 0.05) is 30.4 Å². The monoisotopic (exact) mass is 371 g/mol. The van der Waals surface area contributed by atoms with Crippen LogP contribution in [0.2, 0.25) is 0 Å². The summed E-state index contributed by atoms with van der Waals surface area (Å²) in [5.41, 5.74) is 10.7. The Bertz CT molecular complexity index is 930. The number of nitrogens with two attached hydrogens (primary N) is 1. The molecule has 2 aromatic carbocycles. The highest BCUT2D eigenvalue weighted by Gasteiger charge is 2.23. The van der Waals surface area contributed by atoms with Gasteiger partial charge in [-0.3, -0.25) is 9.78 Å². The van der Waals surface area contributed by atoms with Crippen molar-refractivity contribution in [3.63, 3.8) is 0 Å². The Hall–Kier alpha value is -3.14. The molecule has 0 saturated carbocycles. The van der Waals surface area contributed by atoms with Crippen LogP contribution in [0.4, 0.5) is 5.69 Å². The van der Waals surface area contributed by atoms with E-state index < -0.39 is 0 Å². The summed E-state index contributed by atoms with van der Waals surface area (Å²) in [5, 5.41) is 0. The van der Waals surface area contributed by atoms with Crippen LogP contribution < -0.4 is 5.73 Å². The van der Waals surface area contributed by atoms with Crippen molar-refractivity contribution in [2.45, 2.75) is 19.3 Å². The number of hydrogen-bond donors (Lipinski definition) is 1. The molecule has 2 heterocycles. The molecule has 4 nitrogen and oxygen atoms in total. The molecule has 1 aliphatic heterocycles. The van der Waals surface area contributed by atoms with Crippen molar-refractivity contribution in [3.8, 4) is 11.1 Å². The summed E-state index contributed by atoms with van der Waals surface area (Å²) < 4.78 is 0. The Labute approximate surface area is 166 Å². The molecule has 1 aliphatic rings. The molecule has 0 unspecified atom stereocenters. The SMILES string of the molecule is Nc1cnccc1-c1ccc(C(=O)N2CCC(Cc3ccccc3)CC2)cc1. The van der Waals surface area contributed by atoms with Gasteiger partial charge in [-0.25, -0.2) is 0 Å². The lowest BCUT2D eigenvalue weighted by Crippen LogP contribution is -2.38. The maximum Gasteiger partial charge on any atom is 0.253 e.